The van der Waals surface area contributed by atoms with Crippen LogP contribution in [0.3, 0.4) is 0 Å². The smallest absolute Gasteiger partial charge is 0.114 e. The fourth-order valence-corrected chi connectivity index (χ4v) is 1.31. The summed E-state index contributed by atoms with van der Waals surface area (Å²) in [6.45, 7) is 0. The van der Waals surface area contributed by atoms with E-state index in [0.717, 1.165) is 5.56 Å². The molecule has 0 amide bonds. The van der Waals surface area contributed by atoms with Crippen LogP contribution in [-0.2, 0) is 0 Å². The number of nitrogens with two attached hydrogens (primary N) is 1. The Balaban J connectivity index is 2.34. The summed E-state index contributed by atoms with van der Waals surface area (Å²) in [6, 6.07) is 12.7. The van der Waals surface area contributed by atoms with Crippen LogP contribution in [-0.4, -0.2) is 4.98 Å². The van der Waals surface area contributed by atoms with Crippen LogP contribution in [0.2, 0.25) is 0 Å². The van der Waals surface area contributed by atoms with Gasteiger partial charge in [-0.15, -0.1) is 0 Å². The Hall–Kier alpha value is -2.78. The van der Waals surface area contributed by atoms with Crippen molar-refractivity contribution in [3.05, 3.63) is 59.4 Å². The van der Waals surface area contributed by atoms with E-state index in [4.69, 9.17) is 11.0 Å². The van der Waals surface area contributed by atoms with Crippen LogP contribution >= 0.6 is 0 Å². The number of para-hydroxylation sites is 1. The molecule has 0 saturated heterocycles. The summed E-state index contributed by atoms with van der Waals surface area (Å²) >= 11 is 0. The summed E-state index contributed by atoms with van der Waals surface area (Å²) in [5, 5.41) is 8.75. The predicted octanol–water partition coefficient (Wildman–Crippen LogP) is 1.94. The minimum absolute atomic E-state index is 0.547. The van der Waals surface area contributed by atoms with Gasteiger partial charge in [-0.2, -0.15) is 5.26 Å². The molecule has 0 saturated carbocycles. The van der Waals surface area contributed by atoms with Crippen molar-refractivity contribution in [2.45, 2.75) is 0 Å². The lowest BCUT2D eigenvalue weighted by atomic mass is 10.2. The van der Waals surface area contributed by atoms with Crippen LogP contribution in [0.1, 0.15) is 16.8 Å². The Kier molecular flexibility index (Phi) is 3.05. The first-order chi connectivity index (χ1) is 8.29. The molecule has 3 nitrogen and oxygen atoms in total. The highest BCUT2D eigenvalue weighted by atomic mass is 14.6. The highest BCUT2D eigenvalue weighted by Gasteiger charge is 1.94. The lowest BCUT2D eigenvalue weighted by Gasteiger charge is -1.95. The highest BCUT2D eigenvalue weighted by Crippen LogP contribution is 2.08. The Bertz CT molecular complexity index is 642. The maximum absolute atomic E-state index is 8.75. The van der Waals surface area contributed by atoms with Crippen LogP contribution in [0.5, 0.6) is 0 Å². The summed E-state index contributed by atoms with van der Waals surface area (Å²) in [6.07, 6.45) is 1.57. The first-order valence-electron chi connectivity index (χ1n) is 5.02. The lowest BCUT2D eigenvalue weighted by molar-refractivity contribution is 1.27. The minimum atomic E-state index is 0.547. The molecule has 0 bridgehead atoms. The van der Waals surface area contributed by atoms with Crippen molar-refractivity contribution >= 4 is 5.69 Å². The third-order valence-electron chi connectivity index (χ3n) is 2.18. The first kappa shape index (κ1) is 10.7. The van der Waals surface area contributed by atoms with Crippen molar-refractivity contribution in [1.29, 1.82) is 5.26 Å². The molecule has 2 aromatic rings. The number of anilines is 1. The van der Waals surface area contributed by atoms with Gasteiger partial charge in [0.25, 0.3) is 0 Å². The third-order valence-corrected chi connectivity index (χ3v) is 2.18. The van der Waals surface area contributed by atoms with E-state index in [1.165, 1.54) is 0 Å². The molecule has 0 spiro atoms. The molecule has 0 unspecified atom stereocenters. The zero-order valence-electron chi connectivity index (χ0n) is 9.01. The van der Waals surface area contributed by atoms with Gasteiger partial charge in [-0.3, -0.25) is 0 Å². The zero-order chi connectivity index (χ0) is 12.1. The summed E-state index contributed by atoms with van der Waals surface area (Å²) in [4.78, 5) is 4.07. The third kappa shape index (κ3) is 2.62. The summed E-state index contributed by atoms with van der Waals surface area (Å²) < 4.78 is 0. The monoisotopic (exact) mass is 219 g/mol. The van der Waals surface area contributed by atoms with E-state index in [2.05, 4.69) is 16.8 Å². The molecular formula is C14H9N3. The molecule has 17 heavy (non-hydrogen) atoms. The molecule has 0 atom stereocenters. The van der Waals surface area contributed by atoms with Crippen LogP contribution in [0.15, 0.2) is 42.6 Å². The normalized spacial score (nSPS) is 8.88. The maximum Gasteiger partial charge on any atom is 0.114 e. The summed E-state index contributed by atoms with van der Waals surface area (Å²) in [7, 11) is 0. The number of nitrogens with zero attached hydrogens (tertiary/aromatic N) is 2. The van der Waals surface area contributed by atoms with Gasteiger partial charge in [-0.1, -0.05) is 18.1 Å². The van der Waals surface area contributed by atoms with Gasteiger partial charge in [-0.25, -0.2) is 4.98 Å². The topological polar surface area (TPSA) is 62.7 Å². The van der Waals surface area contributed by atoms with Gasteiger partial charge >= 0.3 is 0 Å². The molecule has 0 fully saturated rings. The van der Waals surface area contributed by atoms with Crippen molar-refractivity contribution in [3.63, 3.8) is 0 Å². The lowest BCUT2D eigenvalue weighted by Crippen LogP contribution is -1.89. The van der Waals surface area contributed by atoms with E-state index in [1.54, 1.807) is 24.4 Å². The molecule has 1 aromatic heterocycles. The molecule has 2 rings (SSSR count). The second-order valence-electron chi connectivity index (χ2n) is 3.38. The molecule has 1 heterocycles. The van der Waals surface area contributed by atoms with E-state index in [-0.39, 0.29) is 0 Å². The van der Waals surface area contributed by atoms with Crippen LogP contribution < -0.4 is 5.73 Å². The molecule has 0 radical (unpaired) electrons. The standard InChI is InChI=1S/C14H9N3/c15-10-11-7-8-17-13(9-11)6-5-12-3-1-2-4-14(12)16/h1-4,7-9H,16H2. The Morgan fingerprint density at radius 1 is 1.12 bits per heavy atom. The molecule has 80 valence electrons. The number of nitrogen functional groups attached to an aromatic ring is 1. The van der Waals surface area contributed by atoms with Crippen molar-refractivity contribution < 1.29 is 0 Å². The molecule has 0 aliphatic heterocycles. The number of nitriles is 1. The van der Waals surface area contributed by atoms with Crippen molar-refractivity contribution in [1.82, 2.24) is 4.98 Å². The van der Waals surface area contributed by atoms with Crippen molar-refractivity contribution in [2.24, 2.45) is 0 Å². The fourth-order valence-electron chi connectivity index (χ4n) is 1.31. The SMILES string of the molecule is N#Cc1ccnc(C#Cc2ccccc2N)c1. The largest absolute Gasteiger partial charge is 0.398 e. The minimum Gasteiger partial charge on any atom is -0.398 e. The number of hydrogen-bond donors (Lipinski definition) is 1. The highest BCUT2D eigenvalue weighted by molar-refractivity contribution is 5.56. The number of pyridine rings is 1. The Labute approximate surface area is 99.5 Å². The van der Waals surface area contributed by atoms with Gasteiger partial charge < -0.3 is 5.73 Å². The van der Waals surface area contributed by atoms with E-state index < -0.39 is 0 Å². The fraction of sp³-hybridized carbons (Fsp3) is 0. The summed E-state index contributed by atoms with van der Waals surface area (Å²) in [5.41, 5.74) is 8.27. The van der Waals surface area contributed by atoms with Crippen LogP contribution in [0, 0.1) is 23.2 Å². The number of hydrogen-bond acceptors (Lipinski definition) is 3. The molecule has 0 aliphatic carbocycles. The predicted molar refractivity (Wildman–Crippen MR) is 65.8 cm³/mol. The van der Waals surface area contributed by atoms with Gasteiger partial charge in [0.05, 0.1) is 11.6 Å². The average Bonchev–Trinajstić information content (AvgIpc) is 2.38. The van der Waals surface area contributed by atoms with Gasteiger partial charge in [-0.05, 0) is 30.2 Å². The van der Waals surface area contributed by atoms with Crippen LogP contribution in [0.25, 0.3) is 0 Å². The molecule has 0 aliphatic rings. The van der Waals surface area contributed by atoms with E-state index >= 15 is 0 Å². The molecule has 1 aromatic carbocycles. The van der Waals surface area contributed by atoms with Crippen LogP contribution in [0.4, 0.5) is 5.69 Å². The maximum atomic E-state index is 8.75. The average molecular weight is 219 g/mol. The molecule has 2 N–H and O–H groups in total. The number of rotatable bonds is 0. The van der Waals surface area contributed by atoms with Gasteiger partial charge in [0.2, 0.25) is 0 Å². The van der Waals surface area contributed by atoms with E-state index in [9.17, 15) is 0 Å². The van der Waals surface area contributed by atoms with Crippen molar-refractivity contribution in [3.8, 4) is 17.9 Å². The summed E-state index contributed by atoms with van der Waals surface area (Å²) in [5.74, 6) is 5.82. The van der Waals surface area contributed by atoms with Gasteiger partial charge in [0.15, 0.2) is 0 Å². The van der Waals surface area contributed by atoms with Gasteiger partial charge in [0, 0.05) is 17.4 Å². The van der Waals surface area contributed by atoms with Crippen molar-refractivity contribution in [2.75, 3.05) is 5.73 Å². The Morgan fingerprint density at radius 2 is 1.94 bits per heavy atom. The van der Waals surface area contributed by atoms with E-state index in [0.29, 0.717) is 16.9 Å². The van der Waals surface area contributed by atoms with E-state index in [1.807, 2.05) is 24.3 Å². The number of aromatic nitrogens is 1. The molecular weight excluding hydrogens is 210 g/mol. The Morgan fingerprint density at radius 3 is 2.71 bits per heavy atom. The molecule has 3 heteroatoms. The first-order valence-corrected chi connectivity index (χ1v) is 5.02. The zero-order valence-corrected chi connectivity index (χ0v) is 9.01. The second kappa shape index (κ2) is 4.83. The second-order valence-corrected chi connectivity index (χ2v) is 3.38. The number of benzene rings is 1. The van der Waals surface area contributed by atoms with Gasteiger partial charge in [0.1, 0.15) is 5.69 Å². The quantitative estimate of drug-likeness (QED) is 0.544.